The second-order valence-corrected chi connectivity index (χ2v) is 3.11. The Kier molecular flexibility index (Phi) is 3.51. The molecule has 1 rings (SSSR count). The van der Waals surface area contributed by atoms with Crippen LogP contribution in [-0.2, 0) is 13.0 Å². The Morgan fingerprint density at radius 1 is 1.71 bits per heavy atom. The van der Waals surface area contributed by atoms with Crippen molar-refractivity contribution in [2.24, 2.45) is 0 Å². The SMILES string of the molecule is C=CCCn1ccc(C(=O)O)c1CC. The molecule has 0 aromatic carbocycles. The van der Waals surface area contributed by atoms with Crippen molar-refractivity contribution in [2.75, 3.05) is 0 Å². The highest BCUT2D eigenvalue weighted by atomic mass is 16.4. The number of carboxylic acid groups (broad SMARTS) is 1. The third kappa shape index (κ3) is 2.05. The highest BCUT2D eigenvalue weighted by Gasteiger charge is 2.12. The second-order valence-electron chi connectivity index (χ2n) is 3.11. The van der Waals surface area contributed by atoms with Crippen LogP contribution in [0.25, 0.3) is 0 Å². The van der Waals surface area contributed by atoms with Gasteiger partial charge in [-0.1, -0.05) is 13.0 Å². The molecule has 0 atom stereocenters. The van der Waals surface area contributed by atoms with Crippen molar-refractivity contribution in [3.63, 3.8) is 0 Å². The highest BCUT2D eigenvalue weighted by Crippen LogP contribution is 2.12. The van der Waals surface area contributed by atoms with Crippen LogP contribution < -0.4 is 0 Å². The van der Waals surface area contributed by atoms with Crippen LogP contribution in [0.15, 0.2) is 24.9 Å². The quantitative estimate of drug-likeness (QED) is 0.729. The van der Waals surface area contributed by atoms with Gasteiger partial charge in [0.05, 0.1) is 5.56 Å². The van der Waals surface area contributed by atoms with Crippen LogP contribution in [0.4, 0.5) is 0 Å². The van der Waals surface area contributed by atoms with Crippen LogP contribution in [0.3, 0.4) is 0 Å². The third-order valence-corrected chi connectivity index (χ3v) is 2.22. The fraction of sp³-hybridized carbons (Fsp3) is 0.364. The average molecular weight is 193 g/mol. The number of hydrogen-bond donors (Lipinski definition) is 1. The van der Waals surface area contributed by atoms with Crippen molar-refractivity contribution in [1.29, 1.82) is 0 Å². The lowest BCUT2D eigenvalue weighted by Gasteiger charge is -2.06. The summed E-state index contributed by atoms with van der Waals surface area (Å²) in [5.41, 5.74) is 1.30. The molecule has 14 heavy (non-hydrogen) atoms. The van der Waals surface area contributed by atoms with Crippen LogP contribution >= 0.6 is 0 Å². The molecule has 1 N–H and O–H groups in total. The second kappa shape index (κ2) is 4.65. The third-order valence-electron chi connectivity index (χ3n) is 2.22. The summed E-state index contributed by atoms with van der Waals surface area (Å²) in [6, 6.07) is 1.66. The number of aromatic carboxylic acids is 1. The van der Waals surface area contributed by atoms with Gasteiger partial charge in [0.15, 0.2) is 0 Å². The fourth-order valence-electron chi connectivity index (χ4n) is 1.53. The van der Waals surface area contributed by atoms with E-state index < -0.39 is 5.97 Å². The van der Waals surface area contributed by atoms with E-state index in [1.165, 1.54) is 0 Å². The summed E-state index contributed by atoms with van der Waals surface area (Å²) in [6.45, 7) is 6.41. The van der Waals surface area contributed by atoms with Gasteiger partial charge in [-0.3, -0.25) is 0 Å². The minimum atomic E-state index is -0.848. The predicted octanol–water partition coefficient (Wildman–Crippen LogP) is 2.32. The molecule has 0 unspecified atom stereocenters. The van der Waals surface area contributed by atoms with Gasteiger partial charge in [-0.15, -0.1) is 6.58 Å². The van der Waals surface area contributed by atoms with E-state index in [-0.39, 0.29) is 0 Å². The van der Waals surface area contributed by atoms with E-state index in [1.807, 2.05) is 23.8 Å². The van der Waals surface area contributed by atoms with Crippen molar-refractivity contribution in [1.82, 2.24) is 4.57 Å². The number of hydrogen-bond acceptors (Lipinski definition) is 1. The molecule has 1 aromatic heterocycles. The standard InChI is InChI=1S/C11H15NO2/c1-3-5-7-12-8-6-9(11(13)14)10(12)4-2/h3,6,8H,1,4-5,7H2,2H3,(H,13,14). The smallest absolute Gasteiger partial charge is 0.337 e. The number of allylic oxidation sites excluding steroid dienone is 1. The van der Waals surface area contributed by atoms with Crippen LogP contribution in [0.5, 0.6) is 0 Å². The first-order valence-electron chi connectivity index (χ1n) is 4.72. The van der Waals surface area contributed by atoms with Gasteiger partial charge < -0.3 is 9.67 Å². The van der Waals surface area contributed by atoms with Crippen molar-refractivity contribution < 1.29 is 9.90 Å². The van der Waals surface area contributed by atoms with Gasteiger partial charge >= 0.3 is 5.97 Å². The number of nitrogens with zero attached hydrogens (tertiary/aromatic N) is 1. The Balaban J connectivity index is 2.94. The molecule has 0 fully saturated rings. The molecule has 0 aliphatic carbocycles. The molecule has 0 saturated heterocycles. The average Bonchev–Trinajstić information content (AvgIpc) is 2.57. The number of carboxylic acids is 1. The maximum atomic E-state index is 10.8. The van der Waals surface area contributed by atoms with Gasteiger partial charge in [0, 0.05) is 18.4 Å². The Labute approximate surface area is 83.7 Å². The highest BCUT2D eigenvalue weighted by molar-refractivity contribution is 5.89. The molecule has 0 radical (unpaired) electrons. The number of aryl methyl sites for hydroxylation is 1. The predicted molar refractivity (Wildman–Crippen MR) is 55.6 cm³/mol. The van der Waals surface area contributed by atoms with Gasteiger partial charge in [-0.2, -0.15) is 0 Å². The Morgan fingerprint density at radius 2 is 2.43 bits per heavy atom. The zero-order chi connectivity index (χ0) is 10.6. The maximum absolute atomic E-state index is 10.8. The minimum absolute atomic E-state index is 0.413. The van der Waals surface area contributed by atoms with E-state index >= 15 is 0 Å². The first-order chi connectivity index (χ1) is 6.70. The molecule has 0 aliphatic rings. The van der Waals surface area contributed by atoms with E-state index in [2.05, 4.69) is 6.58 Å². The monoisotopic (exact) mass is 193 g/mol. The summed E-state index contributed by atoms with van der Waals surface area (Å²) in [4.78, 5) is 10.8. The molecule has 0 saturated carbocycles. The number of aromatic nitrogens is 1. The van der Waals surface area contributed by atoms with Gasteiger partial charge in [-0.05, 0) is 18.9 Å². The summed E-state index contributed by atoms with van der Waals surface area (Å²) in [7, 11) is 0. The van der Waals surface area contributed by atoms with Crippen molar-refractivity contribution >= 4 is 5.97 Å². The molecule has 1 aromatic rings. The minimum Gasteiger partial charge on any atom is -0.478 e. The van der Waals surface area contributed by atoms with E-state index in [0.29, 0.717) is 5.56 Å². The molecule has 0 aliphatic heterocycles. The van der Waals surface area contributed by atoms with E-state index in [4.69, 9.17) is 5.11 Å². The van der Waals surface area contributed by atoms with E-state index in [9.17, 15) is 4.79 Å². The molecule has 3 heteroatoms. The summed E-state index contributed by atoms with van der Waals surface area (Å²) in [6.07, 6.45) is 5.26. The first kappa shape index (κ1) is 10.6. The fourth-order valence-corrected chi connectivity index (χ4v) is 1.53. The Bertz CT molecular complexity index is 339. The van der Waals surface area contributed by atoms with Gasteiger partial charge in [0.2, 0.25) is 0 Å². The van der Waals surface area contributed by atoms with Crippen LogP contribution in [0.1, 0.15) is 29.4 Å². The van der Waals surface area contributed by atoms with Crippen LogP contribution in [-0.4, -0.2) is 15.6 Å². The zero-order valence-corrected chi connectivity index (χ0v) is 8.36. The number of carbonyl (C=O) groups is 1. The topological polar surface area (TPSA) is 42.2 Å². The van der Waals surface area contributed by atoms with Crippen molar-refractivity contribution in [3.05, 3.63) is 36.2 Å². The summed E-state index contributed by atoms with van der Waals surface area (Å²) in [5, 5.41) is 8.90. The molecular weight excluding hydrogens is 178 g/mol. The summed E-state index contributed by atoms with van der Waals surface area (Å²) < 4.78 is 1.98. The lowest BCUT2D eigenvalue weighted by molar-refractivity contribution is 0.0695. The zero-order valence-electron chi connectivity index (χ0n) is 8.36. The van der Waals surface area contributed by atoms with Gasteiger partial charge in [-0.25, -0.2) is 4.79 Å². The number of rotatable bonds is 5. The molecule has 0 bridgehead atoms. The van der Waals surface area contributed by atoms with E-state index in [0.717, 1.165) is 25.1 Å². The largest absolute Gasteiger partial charge is 0.478 e. The van der Waals surface area contributed by atoms with Gasteiger partial charge in [0.1, 0.15) is 0 Å². The molecule has 1 heterocycles. The molecule has 76 valence electrons. The Hall–Kier alpha value is -1.51. The Morgan fingerprint density at radius 3 is 2.93 bits per heavy atom. The lowest BCUT2D eigenvalue weighted by Crippen LogP contribution is -2.05. The van der Waals surface area contributed by atoms with E-state index in [1.54, 1.807) is 6.07 Å². The summed E-state index contributed by atoms with van der Waals surface area (Å²) >= 11 is 0. The first-order valence-corrected chi connectivity index (χ1v) is 4.72. The lowest BCUT2D eigenvalue weighted by atomic mass is 10.2. The summed E-state index contributed by atoms with van der Waals surface area (Å²) in [5.74, 6) is -0.848. The maximum Gasteiger partial charge on any atom is 0.337 e. The molecule has 0 spiro atoms. The van der Waals surface area contributed by atoms with Crippen LogP contribution in [0.2, 0.25) is 0 Å². The molecular formula is C11H15NO2. The van der Waals surface area contributed by atoms with Gasteiger partial charge in [0.25, 0.3) is 0 Å². The molecule has 3 nitrogen and oxygen atoms in total. The van der Waals surface area contributed by atoms with Crippen LogP contribution in [0, 0.1) is 0 Å². The normalized spacial score (nSPS) is 10.1. The molecule has 0 amide bonds. The van der Waals surface area contributed by atoms with Crippen molar-refractivity contribution in [2.45, 2.75) is 26.3 Å². The van der Waals surface area contributed by atoms with Crippen molar-refractivity contribution in [3.8, 4) is 0 Å².